The molecule has 3 aliphatic rings. The molecule has 0 bridgehead atoms. The number of aromatic nitrogens is 1. The molecule has 2 unspecified atom stereocenters. The number of carbonyl (C=O) groups excluding carboxylic acids is 2. The van der Waals surface area contributed by atoms with Crippen molar-refractivity contribution < 1.29 is 9.59 Å². The number of pyridine rings is 1. The molecule has 2 amide bonds. The zero-order valence-electron chi connectivity index (χ0n) is 18.3. The number of piperazine rings is 1. The first-order chi connectivity index (χ1) is 16.0. The van der Waals surface area contributed by atoms with E-state index in [-0.39, 0.29) is 23.4 Å². The lowest BCUT2D eigenvalue weighted by atomic mass is 10.0. The van der Waals surface area contributed by atoms with Gasteiger partial charge in [-0.05, 0) is 24.3 Å². The summed E-state index contributed by atoms with van der Waals surface area (Å²) in [6, 6.07) is 9.15. The van der Waals surface area contributed by atoms with E-state index in [0.717, 1.165) is 37.4 Å². The SMILES string of the molecule is CC1C=CC(C(=O)Nc2cc(N3CCNCC3)ccn2)=NC1N1Cc2c(Cl)cccc2C1=O. The molecular weight excluding hydrogens is 440 g/mol. The first-order valence-electron chi connectivity index (χ1n) is 11.1. The summed E-state index contributed by atoms with van der Waals surface area (Å²) in [6.45, 7) is 6.02. The monoisotopic (exact) mass is 464 g/mol. The molecule has 8 nitrogen and oxygen atoms in total. The summed E-state index contributed by atoms with van der Waals surface area (Å²) >= 11 is 6.31. The lowest BCUT2D eigenvalue weighted by molar-refractivity contribution is -0.110. The van der Waals surface area contributed by atoms with Gasteiger partial charge in [-0.1, -0.05) is 30.7 Å². The van der Waals surface area contributed by atoms with Crippen molar-refractivity contribution in [3.63, 3.8) is 0 Å². The van der Waals surface area contributed by atoms with Crippen molar-refractivity contribution in [1.29, 1.82) is 0 Å². The number of anilines is 2. The maximum Gasteiger partial charge on any atom is 0.275 e. The molecule has 2 atom stereocenters. The highest BCUT2D eigenvalue weighted by atomic mass is 35.5. The maximum absolute atomic E-state index is 13.0. The second-order valence-electron chi connectivity index (χ2n) is 8.44. The molecule has 33 heavy (non-hydrogen) atoms. The minimum atomic E-state index is -0.480. The van der Waals surface area contributed by atoms with Crippen LogP contribution in [0.4, 0.5) is 11.5 Å². The minimum absolute atomic E-state index is 0.0345. The summed E-state index contributed by atoms with van der Waals surface area (Å²) in [5, 5.41) is 6.76. The lowest BCUT2D eigenvalue weighted by Crippen LogP contribution is -2.43. The van der Waals surface area contributed by atoms with E-state index in [4.69, 9.17) is 11.6 Å². The third kappa shape index (κ3) is 4.24. The van der Waals surface area contributed by atoms with Crippen molar-refractivity contribution in [2.75, 3.05) is 36.4 Å². The predicted octanol–water partition coefficient (Wildman–Crippen LogP) is 2.71. The number of dihydropyridines is 1. The van der Waals surface area contributed by atoms with Gasteiger partial charge in [-0.15, -0.1) is 0 Å². The van der Waals surface area contributed by atoms with Crippen molar-refractivity contribution in [3.8, 4) is 0 Å². The number of benzene rings is 1. The lowest BCUT2D eigenvalue weighted by Gasteiger charge is -2.30. The van der Waals surface area contributed by atoms with Gasteiger partial charge in [0.25, 0.3) is 11.8 Å². The average Bonchev–Trinajstić information content (AvgIpc) is 3.18. The van der Waals surface area contributed by atoms with E-state index in [2.05, 4.69) is 25.5 Å². The number of aliphatic imine (C=N–C) groups is 1. The molecule has 0 aliphatic carbocycles. The first-order valence-corrected chi connectivity index (χ1v) is 11.5. The largest absolute Gasteiger partial charge is 0.369 e. The highest BCUT2D eigenvalue weighted by Gasteiger charge is 2.37. The van der Waals surface area contributed by atoms with E-state index in [1.807, 2.05) is 25.1 Å². The summed E-state index contributed by atoms with van der Waals surface area (Å²) in [4.78, 5) is 38.9. The van der Waals surface area contributed by atoms with Crippen LogP contribution in [0.5, 0.6) is 0 Å². The van der Waals surface area contributed by atoms with Crippen LogP contribution in [0.25, 0.3) is 0 Å². The van der Waals surface area contributed by atoms with E-state index in [9.17, 15) is 9.59 Å². The third-order valence-corrected chi connectivity index (χ3v) is 6.61. The van der Waals surface area contributed by atoms with Crippen LogP contribution in [-0.4, -0.2) is 59.8 Å². The molecule has 0 spiro atoms. The predicted molar refractivity (Wildman–Crippen MR) is 129 cm³/mol. The molecule has 1 aromatic heterocycles. The number of hydrogen-bond acceptors (Lipinski definition) is 6. The first kappa shape index (κ1) is 21.6. The van der Waals surface area contributed by atoms with Gasteiger partial charge < -0.3 is 20.4 Å². The van der Waals surface area contributed by atoms with E-state index in [1.165, 1.54) is 0 Å². The van der Waals surface area contributed by atoms with Gasteiger partial charge in [-0.3, -0.25) is 14.6 Å². The summed E-state index contributed by atoms with van der Waals surface area (Å²) in [5.74, 6) is -0.0321. The molecule has 2 N–H and O–H groups in total. The van der Waals surface area contributed by atoms with Crippen molar-refractivity contribution in [3.05, 3.63) is 64.8 Å². The third-order valence-electron chi connectivity index (χ3n) is 6.26. The molecule has 0 radical (unpaired) electrons. The smallest absolute Gasteiger partial charge is 0.275 e. The standard InChI is InChI=1S/C24H25ClN6O2/c1-15-5-6-20(28-22(15)31-14-18-17(24(31)33)3-2-4-19(18)25)23(32)29-21-13-16(7-8-27-21)30-11-9-26-10-12-30/h2-8,13,15,22,26H,9-12,14H2,1H3,(H,27,29,32). The van der Waals surface area contributed by atoms with Gasteiger partial charge in [0.1, 0.15) is 17.7 Å². The Balaban J connectivity index is 1.33. The Labute approximate surface area is 197 Å². The fourth-order valence-corrected chi connectivity index (χ4v) is 4.69. The van der Waals surface area contributed by atoms with Crippen LogP contribution in [-0.2, 0) is 11.3 Å². The summed E-state index contributed by atoms with van der Waals surface area (Å²) < 4.78 is 0. The molecule has 0 saturated carbocycles. The Kier molecular flexibility index (Phi) is 5.86. The van der Waals surface area contributed by atoms with Crippen LogP contribution < -0.4 is 15.5 Å². The van der Waals surface area contributed by atoms with E-state index in [1.54, 1.807) is 35.4 Å². The second-order valence-corrected chi connectivity index (χ2v) is 8.84. The number of fused-ring (bicyclic) bond motifs is 1. The zero-order chi connectivity index (χ0) is 22.9. The van der Waals surface area contributed by atoms with Gasteiger partial charge in [-0.2, -0.15) is 0 Å². The number of hydrogen-bond donors (Lipinski definition) is 2. The molecule has 1 saturated heterocycles. The van der Waals surface area contributed by atoms with Crippen LogP contribution in [0, 0.1) is 5.92 Å². The molecule has 170 valence electrons. The number of rotatable bonds is 4. The summed E-state index contributed by atoms with van der Waals surface area (Å²) in [6.07, 6.45) is 4.83. The van der Waals surface area contributed by atoms with Crippen LogP contribution in [0.15, 0.2) is 53.7 Å². The van der Waals surface area contributed by atoms with Crippen LogP contribution in [0.3, 0.4) is 0 Å². The van der Waals surface area contributed by atoms with Crippen molar-refractivity contribution >= 4 is 40.6 Å². The van der Waals surface area contributed by atoms with Gasteiger partial charge in [0.05, 0.1) is 6.54 Å². The highest BCUT2D eigenvalue weighted by Crippen LogP contribution is 2.33. The number of carbonyl (C=O) groups is 2. The van der Waals surface area contributed by atoms with Gasteiger partial charge >= 0.3 is 0 Å². The van der Waals surface area contributed by atoms with E-state index >= 15 is 0 Å². The van der Waals surface area contributed by atoms with Crippen molar-refractivity contribution in [2.45, 2.75) is 19.6 Å². The minimum Gasteiger partial charge on any atom is -0.369 e. The molecule has 9 heteroatoms. The van der Waals surface area contributed by atoms with E-state index in [0.29, 0.717) is 22.9 Å². The summed E-state index contributed by atoms with van der Waals surface area (Å²) in [5.41, 5.74) is 2.69. The van der Waals surface area contributed by atoms with Gasteiger partial charge in [-0.25, -0.2) is 4.98 Å². The second kappa shape index (κ2) is 8.96. The Hall–Kier alpha value is -3.23. The molecule has 3 aliphatic heterocycles. The molecule has 4 heterocycles. The molecular formula is C24H25ClN6O2. The van der Waals surface area contributed by atoms with Crippen LogP contribution in [0.1, 0.15) is 22.8 Å². The number of nitrogens with one attached hydrogen (secondary N) is 2. The fourth-order valence-electron chi connectivity index (χ4n) is 4.45. The Bertz CT molecular complexity index is 1160. The molecule has 1 fully saturated rings. The van der Waals surface area contributed by atoms with Gasteiger partial charge in [0.15, 0.2) is 0 Å². The van der Waals surface area contributed by atoms with Crippen molar-refractivity contribution in [1.82, 2.24) is 15.2 Å². The molecule has 5 rings (SSSR count). The normalized spacial score (nSPS) is 22.2. The number of amides is 2. The van der Waals surface area contributed by atoms with Crippen LogP contribution >= 0.6 is 11.6 Å². The molecule has 2 aromatic rings. The maximum atomic E-state index is 13.0. The van der Waals surface area contributed by atoms with Gasteiger partial charge in [0, 0.05) is 66.2 Å². The average molecular weight is 465 g/mol. The number of nitrogens with zero attached hydrogens (tertiary/aromatic N) is 4. The molecule has 1 aromatic carbocycles. The number of halogens is 1. The Morgan fingerprint density at radius 1 is 1.24 bits per heavy atom. The Morgan fingerprint density at radius 2 is 2.06 bits per heavy atom. The zero-order valence-corrected chi connectivity index (χ0v) is 19.0. The van der Waals surface area contributed by atoms with Crippen molar-refractivity contribution in [2.24, 2.45) is 10.9 Å². The van der Waals surface area contributed by atoms with Crippen LogP contribution in [0.2, 0.25) is 5.02 Å². The Morgan fingerprint density at radius 3 is 2.85 bits per heavy atom. The summed E-state index contributed by atoms with van der Waals surface area (Å²) in [7, 11) is 0. The van der Waals surface area contributed by atoms with Gasteiger partial charge in [0.2, 0.25) is 0 Å². The topological polar surface area (TPSA) is 89.9 Å². The quantitative estimate of drug-likeness (QED) is 0.726. The highest BCUT2D eigenvalue weighted by molar-refractivity contribution is 6.47. The van der Waals surface area contributed by atoms with E-state index < -0.39 is 6.17 Å². The fraction of sp³-hybridized carbons (Fsp3) is 0.333.